The average Bonchev–Trinajstić information content (AvgIpc) is 2.46. The molecule has 0 aliphatic heterocycles. The molecule has 2 atom stereocenters. The maximum absolute atomic E-state index is 11.3. The largest absolute Gasteiger partial charge is 0.303 e. The summed E-state index contributed by atoms with van der Waals surface area (Å²) in [4.78, 5) is 28.1. The van der Waals surface area contributed by atoms with Crippen LogP contribution in [-0.4, -0.2) is 26.2 Å². The van der Waals surface area contributed by atoms with Crippen molar-refractivity contribution in [1.82, 2.24) is 19.9 Å². The van der Waals surface area contributed by atoms with Gasteiger partial charge >= 0.3 is 0 Å². The molecule has 0 spiro atoms. The lowest BCUT2D eigenvalue weighted by Crippen LogP contribution is -2.17. The zero-order chi connectivity index (χ0) is 12.8. The smallest absolute Gasteiger partial charge is 0.139 e. The third kappa shape index (κ3) is 2.56. The highest BCUT2D eigenvalue weighted by Gasteiger charge is 2.27. The first-order chi connectivity index (χ1) is 8.86. The molecular weight excluding hydrogens is 228 g/mol. The van der Waals surface area contributed by atoms with E-state index in [-0.39, 0.29) is 5.92 Å². The zero-order valence-electron chi connectivity index (χ0n) is 10.1. The number of rotatable bonds is 5. The van der Waals surface area contributed by atoms with Crippen LogP contribution in [0.5, 0.6) is 0 Å². The molecule has 0 saturated heterocycles. The van der Waals surface area contributed by atoms with Crippen LogP contribution < -0.4 is 0 Å². The summed E-state index contributed by atoms with van der Waals surface area (Å²) in [5, 5.41) is 0. The SMILES string of the molecule is CCC(c1ncccn1)C(C=O)c1ncccn1. The number of carbonyl (C=O) groups excluding carboxylic acids is 1. The van der Waals surface area contributed by atoms with Gasteiger partial charge in [-0.15, -0.1) is 0 Å². The van der Waals surface area contributed by atoms with Gasteiger partial charge in [-0.1, -0.05) is 6.92 Å². The Morgan fingerprint density at radius 3 is 1.94 bits per heavy atom. The third-order valence-electron chi connectivity index (χ3n) is 2.82. The summed E-state index contributed by atoms with van der Waals surface area (Å²) in [6.07, 6.45) is 8.26. The maximum atomic E-state index is 11.3. The summed E-state index contributed by atoms with van der Waals surface area (Å²) in [5.74, 6) is 0.682. The van der Waals surface area contributed by atoms with Gasteiger partial charge in [-0.2, -0.15) is 0 Å². The van der Waals surface area contributed by atoms with Crippen LogP contribution in [0.15, 0.2) is 36.9 Å². The molecule has 2 heterocycles. The zero-order valence-corrected chi connectivity index (χ0v) is 10.1. The average molecular weight is 242 g/mol. The van der Waals surface area contributed by atoms with Crippen molar-refractivity contribution in [2.75, 3.05) is 0 Å². The molecule has 2 aromatic rings. The summed E-state index contributed by atoms with van der Waals surface area (Å²) in [6.45, 7) is 2.00. The van der Waals surface area contributed by atoms with Crippen LogP contribution in [0.3, 0.4) is 0 Å². The van der Waals surface area contributed by atoms with Crippen molar-refractivity contribution >= 4 is 6.29 Å². The molecule has 18 heavy (non-hydrogen) atoms. The second-order valence-corrected chi connectivity index (χ2v) is 3.89. The lowest BCUT2D eigenvalue weighted by Gasteiger charge is -2.18. The third-order valence-corrected chi connectivity index (χ3v) is 2.82. The van der Waals surface area contributed by atoms with E-state index in [4.69, 9.17) is 0 Å². The minimum Gasteiger partial charge on any atom is -0.303 e. The molecule has 0 aliphatic rings. The Balaban J connectivity index is 2.34. The number of carbonyl (C=O) groups is 1. The molecule has 5 nitrogen and oxygen atoms in total. The molecule has 2 unspecified atom stereocenters. The molecule has 0 amide bonds. The lowest BCUT2D eigenvalue weighted by molar-refractivity contribution is -0.109. The summed E-state index contributed by atoms with van der Waals surface area (Å²) in [7, 11) is 0. The Hall–Kier alpha value is -2.17. The van der Waals surface area contributed by atoms with Gasteiger partial charge in [0.2, 0.25) is 0 Å². The van der Waals surface area contributed by atoms with Gasteiger partial charge in [-0.05, 0) is 18.6 Å². The van der Waals surface area contributed by atoms with Gasteiger partial charge in [-0.3, -0.25) is 0 Å². The first-order valence-corrected chi connectivity index (χ1v) is 5.86. The normalized spacial score (nSPS) is 13.8. The van der Waals surface area contributed by atoms with Crippen molar-refractivity contribution in [3.8, 4) is 0 Å². The monoisotopic (exact) mass is 242 g/mol. The Morgan fingerprint density at radius 1 is 1.00 bits per heavy atom. The number of hydrogen-bond donors (Lipinski definition) is 0. The van der Waals surface area contributed by atoms with Gasteiger partial charge < -0.3 is 4.79 Å². The molecule has 2 aromatic heterocycles. The van der Waals surface area contributed by atoms with Crippen molar-refractivity contribution in [2.24, 2.45) is 0 Å². The Labute approximate surface area is 105 Å². The van der Waals surface area contributed by atoms with Crippen LogP contribution in [0, 0.1) is 0 Å². The van der Waals surface area contributed by atoms with Crippen LogP contribution in [0.2, 0.25) is 0 Å². The maximum Gasteiger partial charge on any atom is 0.139 e. The summed E-state index contributed by atoms with van der Waals surface area (Å²) >= 11 is 0. The highest BCUT2D eigenvalue weighted by Crippen LogP contribution is 2.29. The van der Waals surface area contributed by atoms with E-state index in [9.17, 15) is 4.79 Å². The van der Waals surface area contributed by atoms with E-state index in [1.54, 1.807) is 36.9 Å². The molecular formula is C13H14N4O. The van der Waals surface area contributed by atoms with Gasteiger partial charge in [0.15, 0.2) is 0 Å². The van der Waals surface area contributed by atoms with E-state index >= 15 is 0 Å². The van der Waals surface area contributed by atoms with Gasteiger partial charge in [0.25, 0.3) is 0 Å². The van der Waals surface area contributed by atoms with Crippen LogP contribution in [0.1, 0.15) is 36.8 Å². The molecule has 2 rings (SSSR count). The van der Waals surface area contributed by atoms with Crippen molar-refractivity contribution in [2.45, 2.75) is 25.2 Å². The quantitative estimate of drug-likeness (QED) is 0.747. The Kier molecular flexibility index (Phi) is 4.06. The van der Waals surface area contributed by atoms with Crippen molar-refractivity contribution < 1.29 is 4.79 Å². The first-order valence-electron chi connectivity index (χ1n) is 5.86. The lowest BCUT2D eigenvalue weighted by atomic mass is 9.89. The van der Waals surface area contributed by atoms with Crippen LogP contribution >= 0.6 is 0 Å². The Bertz CT molecular complexity index is 489. The predicted octanol–water partition coefficient (Wildman–Crippen LogP) is 1.74. The second-order valence-electron chi connectivity index (χ2n) is 3.89. The predicted molar refractivity (Wildman–Crippen MR) is 65.9 cm³/mol. The van der Waals surface area contributed by atoms with Crippen LogP contribution in [0.25, 0.3) is 0 Å². The minimum absolute atomic E-state index is 0.0916. The van der Waals surface area contributed by atoms with Gasteiger partial charge in [-0.25, -0.2) is 19.9 Å². The minimum atomic E-state index is -0.404. The van der Waals surface area contributed by atoms with Crippen molar-refractivity contribution in [3.05, 3.63) is 48.6 Å². The molecule has 92 valence electrons. The molecule has 0 fully saturated rings. The van der Waals surface area contributed by atoms with E-state index < -0.39 is 5.92 Å². The summed E-state index contributed by atoms with van der Waals surface area (Å²) in [5.41, 5.74) is 0. The first kappa shape index (κ1) is 12.3. The van der Waals surface area contributed by atoms with Gasteiger partial charge in [0.1, 0.15) is 17.9 Å². The molecule has 5 heteroatoms. The van der Waals surface area contributed by atoms with E-state index in [1.165, 1.54) is 0 Å². The second kappa shape index (κ2) is 5.95. The fourth-order valence-electron chi connectivity index (χ4n) is 1.92. The van der Waals surface area contributed by atoms with Crippen LogP contribution in [-0.2, 0) is 4.79 Å². The number of hydrogen-bond acceptors (Lipinski definition) is 5. The molecule has 0 saturated carbocycles. The Morgan fingerprint density at radius 2 is 1.50 bits per heavy atom. The molecule has 0 aromatic carbocycles. The van der Waals surface area contributed by atoms with E-state index in [2.05, 4.69) is 19.9 Å². The topological polar surface area (TPSA) is 68.6 Å². The summed E-state index contributed by atoms with van der Waals surface area (Å²) in [6, 6.07) is 3.48. The number of aromatic nitrogens is 4. The van der Waals surface area contributed by atoms with Crippen LogP contribution in [0.4, 0.5) is 0 Å². The van der Waals surface area contributed by atoms with Gasteiger partial charge in [0.05, 0.1) is 5.92 Å². The van der Waals surface area contributed by atoms with Gasteiger partial charge in [0, 0.05) is 30.7 Å². The standard InChI is InChI=1S/C13H14N4O/c1-2-10(12-14-5-3-6-15-12)11(9-18)13-16-7-4-8-17-13/h3-11H,2H2,1H3. The molecule has 0 N–H and O–H groups in total. The van der Waals surface area contributed by atoms with E-state index in [0.717, 1.165) is 12.7 Å². The highest BCUT2D eigenvalue weighted by molar-refractivity contribution is 5.61. The highest BCUT2D eigenvalue weighted by atomic mass is 16.1. The number of aldehydes is 1. The van der Waals surface area contributed by atoms with E-state index in [1.807, 2.05) is 6.92 Å². The van der Waals surface area contributed by atoms with E-state index in [0.29, 0.717) is 11.6 Å². The fraction of sp³-hybridized carbons (Fsp3) is 0.308. The summed E-state index contributed by atoms with van der Waals surface area (Å²) < 4.78 is 0. The number of nitrogens with zero attached hydrogens (tertiary/aromatic N) is 4. The molecule has 0 radical (unpaired) electrons. The molecule has 0 aliphatic carbocycles. The van der Waals surface area contributed by atoms with Crippen molar-refractivity contribution in [3.63, 3.8) is 0 Å². The molecule has 0 bridgehead atoms. The van der Waals surface area contributed by atoms with Crippen molar-refractivity contribution in [1.29, 1.82) is 0 Å². The fourth-order valence-corrected chi connectivity index (χ4v) is 1.92.